The Bertz CT molecular complexity index is 1080. The number of thiophene rings is 1. The predicted molar refractivity (Wildman–Crippen MR) is 110 cm³/mol. The van der Waals surface area contributed by atoms with Crippen molar-refractivity contribution < 1.29 is 9.53 Å². The summed E-state index contributed by atoms with van der Waals surface area (Å²) in [6, 6.07) is 7.96. The first-order valence-corrected chi connectivity index (χ1v) is 10.3. The monoisotopic (exact) mass is 407 g/mol. The molecule has 4 rings (SSSR count). The lowest BCUT2D eigenvalue weighted by Crippen LogP contribution is -2.20. The van der Waals surface area contributed by atoms with Gasteiger partial charge >= 0.3 is 0 Å². The summed E-state index contributed by atoms with van der Waals surface area (Å²) in [7, 11) is 0. The summed E-state index contributed by atoms with van der Waals surface area (Å²) in [4.78, 5) is 13.7. The number of rotatable bonds is 5. The van der Waals surface area contributed by atoms with Crippen molar-refractivity contribution in [3.63, 3.8) is 0 Å². The first-order valence-electron chi connectivity index (χ1n) is 9.48. The van der Waals surface area contributed by atoms with Crippen LogP contribution < -0.4 is 10.1 Å². The number of benzene rings is 1. The minimum absolute atomic E-state index is 0.151. The molecule has 0 bridgehead atoms. The van der Waals surface area contributed by atoms with Gasteiger partial charge in [-0.2, -0.15) is 5.26 Å². The Morgan fingerprint density at radius 3 is 2.97 bits per heavy atom. The zero-order valence-corrected chi connectivity index (χ0v) is 17.1. The smallest absolute Gasteiger partial charge is 0.262 e. The summed E-state index contributed by atoms with van der Waals surface area (Å²) in [6.45, 7) is 4.05. The van der Waals surface area contributed by atoms with Gasteiger partial charge < -0.3 is 10.1 Å². The van der Waals surface area contributed by atoms with Gasteiger partial charge in [0.1, 0.15) is 29.5 Å². The fourth-order valence-corrected chi connectivity index (χ4v) is 4.92. The van der Waals surface area contributed by atoms with Crippen molar-refractivity contribution >= 4 is 22.2 Å². The van der Waals surface area contributed by atoms with Gasteiger partial charge in [-0.3, -0.25) is 9.36 Å². The second kappa shape index (κ2) is 8.05. The van der Waals surface area contributed by atoms with Crippen LogP contribution in [0.2, 0.25) is 0 Å². The molecule has 1 atom stereocenters. The molecule has 0 fully saturated rings. The van der Waals surface area contributed by atoms with Gasteiger partial charge in [-0.25, -0.2) is 0 Å². The number of nitrogens with zero attached hydrogens (tertiary/aromatic N) is 4. The average Bonchev–Trinajstić information content (AvgIpc) is 3.34. The Labute approximate surface area is 173 Å². The fourth-order valence-electron chi connectivity index (χ4n) is 3.54. The molecule has 148 valence electrons. The summed E-state index contributed by atoms with van der Waals surface area (Å²) in [5.41, 5.74) is 3.52. The van der Waals surface area contributed by atoms with Gasteiger partial charge in [0, 0.05) is 4.88 Å². The number of nitrogens with one attached hydrogen (secondary N) is 1. The van der Waals surface area contributed by atoms with E-state index in [1.165, 1.54) is 16.2 Å². The molecule has 2 heterocycles. The summed E-state index contributed by atoms with van der Waals surface area (Å²) in [5, 5.41) is 20.7. The van der Waals surface area contributed by atoms with Gasteiger partial charge in [0.2, 0.25) is 0 Å². The second-order valence-electron chi connectivity index (χ2n) is 7.34. The maximum absolute atomic E-state index is 12.5. The number of fused-ring (bicyclic) bond motifs is 1. The van der Waals surface area contributed by atoms with Crippen molar-refractivity contribution in [1.82, 2.24) is 14.8 Å². The minimum atomic E-state index is -0.288. The SMILES string of the molecule is Cc1ccc(OCC(=O)Nc2sc3c(c2C#N)CCC(C)C3)c(-n2cnnc2)c1. The third-order valence-corrected chi connectivity index (χ3v) is 6.22. The van der Waals surface area contributed by atoms with Gasteiger partial charge in [0.25, 0.3) is 5.91 Å². The van der Waals surface area contributed by atoms with Gasteiger partial charge in [-0.05, 0) is 55.4 Å². The quantitative estimate of drug-likeness (QED) is 0.697. The molecule has 1 aliphatic carbocycles. The lowest BCUT2D eigenvalue weighted by Gasteiger charge is -2.17. The van der Waals surface area contributed by atoms with E-state index < -0.39 is 0 Å². The maximum Gasteiger partial charge on any atom is 0.262 e. The van der Waals surface area contributed by atoms with Crippen LogP contribution in [0, 0.1) is 24.2 Å². The van der Waals surface area contributed by atoms with Crippen LogP contribution in [0.1, 0.15) is 34.9 Å². The molecule has 1 amide bonds. The number of ether oxygens (including phenoxy) is 1. The molecule has 29 heavy (non-hydrogen) atoms. The standard InChI is InChI=1S/C21H21N5O2S/c1-13-4-6-18(17(7-13)26-11-23-24-12-26)28-10-20(27)25-21-16(9-22)15-5-3-14(2)8-19(15)29-21/h4,6-7,11-12,14H,3,5,8,10H2,1-2H3,(H,25,27). The van der Waals surface area contributed by atoms with E-state index in [9.17, 15) is 10.1 Å². The van der Waals surface area contributed by atoms with Crippen LogP contribution in [0.25, 0.3) is 5.69 Å². The first kappa shape index (κ1) is 19.2. The molecule has 0 saturated carbocycles. The molecule has 0 aliphatic heterocycles. The van der Waals surface area contributed by atoms with Crippen LogP contribution >= 0.6 is 11.3 Å². The van der Waals surface area contributed by atoms with Crippen molar-refractivity contribution in [2.24, 2.45) is 5.92 Å². The van der Waals surface area contributed by atoms with Crippen molar-refractivity contribution in [1.29, 1.82) is 5.26 Å². The van der Waals surface area contributed by atoms with Crippen LogP contribution in [0.15, 0.2) is 30.9 Å². The Morgan fingerprint density at radius 2 is 2.21 bits per heavy atom. The largest absolute Gasteiger partial charge is 0.482 e. The van der Waals surface area contributed by atoms with E-state index in [0.717, 1.165) is 36.1 Å². The van der Waals surface area contributed by atoms with Crippen LogP contribution in [-0.4, -0.2) is 27.3 Å². The summed E-state index contributed by atoms with van der Waals surface area (Å²) in [5.74, 6) is 0.881. The molecule has 2 aromatic heterocycles. The number of anilines is 1. The van der Waals surface area contributed by atoms with Crippen LogP contribution in [0.3, 0.4) is 0 Å². The normalized spacial score (nSPS) is 15.4. The molecule has 3 aromatic rings. The van der Waals surface area contributed by atoms with Gasteiger partial charge in [-0.15, -0.1) is 21.5 Å². The fraction of sp³-hybridized carbons (Fsp3) is 0.333. The molecule has 7 nitrogen and oxygen atoms in total. The van der Waals surface area contributed by atoms with Gasteiger partial charge in [0.15, 0.2) is 6.61 Å². The molecular formula is C21H21N5O2S. The third-order valence-electron chi connectivity index (χ3n) is 5.05. The van der Waals surface area contributed by atoms with Gasteiger partial charge in [0.05, 0.1) is 11.3 Å². The number of carbonyl (C=O) groups excluding carboxylic acids is 1. The second-order valence-corrected chi connectivity index (χ2v) is 8.45. The Kier molecular flexibility index (Phi) is 5.32. The van der Waals surface area contributed by atoms with E-state index in [2.05, 4.69) is 28.5 Å². The summed E-state index contributed by atoms with van der Waals surface area (Å²) < 4.78 is 7.51. The van der Waals surface area contributed by atoms with E-state index in [4.69, 9.17) is 4.74 Å². The average molecular weight is 407 g/mol. The highest BCUT2D eigenvalue weighted by Crippen LogP contribution is 2.39. The number of aromatic nitrogens is 3. The Morgan fingerprint density at radius 1 is 1.41 bits per heavy atom. The van der Waals surface area contributed by atoms with E-state index in [1.807, 2.05) is 25.1 Å². The molecule has 0 spiro atoms. The van der Waals surface area contributed by atoms with Crippen molar-refractivity contribution in [3.8, 4) is 17.5 Å². The van der Waals surface area contributed by atoms with Crippen molar-refractivity contribution in [3.05, 3.63) is 52.4 Å². The molecule has 1 aliphatic rings. The van der Waals surface area contributed by atoms with E-state index in [-0.39, 0.29) is 12.5 Å². The maximum atomic E-state index is 12.5. The highest BCUT2D eigenvalue weighted by molar-refractivity contribution is 7.16. The van der Waals surface area contributed by atoms with Crippen LogP contribution in [0.5, 0.6) is 5.75 Å². The zero-order valence-electron chi connectivity index (χ0n) is 16.3. The molecule has 0 radical (unpaired) electrons. The summed E-state index contributed by atoms with van der Waals surface area (Å²) in [6.07, 6.45) is 6.10. The number of carbonyl (C=O) groups is 1. The number of hydrogen-bond donors (Lipinski definition) is 1. The van der Waals surface area contributed by atoms with E-state index in [0.29, 0.717) is 22.2 Å². The van der Waals surface area contributed by atoms with E-state index in [1.54, 1.807) is 17.2 Å². The predicted octanol–water partition coefficient (Wildman–Crippen LogP) is 3.65. The van der Waals surface area contributed by atoms with Crippen molar-refractivity contribution in [2.45, 2.75) is 33.1 Å². The Balaban J connectivity index is 1.48. The first-order chi connectivity index (χ1) is 14.0. The lowest BCUT2D eigenvalue weighted by molar-refractivity contribution is -0.118. The molecule has 1 unspecified atom stereocenters. The minimum Gasteiger partial charge on any atom is -0.482 e. The topological polar surface area (TPSA) is 92.8 Å². The van der Waals surface area contributed by atoms with Crippen LogP contribution in [-0.2, 0) is 17.6 Å². The highest BCUT2D eigenvalue weighted by atomic mass is 32.1. The number of amides is 1. The molecule has 0 saturated heterocycles. The zero-order chi connectivity index (χ0) is 20.4. The molecular weight excluding hydrogens is 386 g/mol. The summed E-state index contributed by atoms with van der Waals surface area (Å²) >= 11 is 1.51. The molecule has 1 aromatic carbocycles. The third kappa shape index (κ3) is 4.00. The Hall–Kier alpha value is -3.18. The molecule has 8 heteroatoms. The van der Waals surface area contributed by atoms with E-state index >= 15 is 0 Å². The lowest BCUT2D eigenvalue weighted by atomic mass is 9.89. The molecule has 1 N–H and O–H groups in total. The van der Waals surface area contributed by atoms with Gasteiger partial charge in [-0.1, -0.05) is 13.0 Å². The number of hydrogen-bond acceptors (Lipinski definition) is 6. The van der Waals surface area contributed by atoms with Crippen LogP contribution in [0.4, 0.5) is 5.00 Å². The highest BCUT2D eigenvalue weighted by Gasteiger charge is 2.24. The van der Waals surface area contributed by atoms with Crippen molar-refractivity contribution in [2.75, 3.05) is 11.9 Å². The number of aryl methyl sites for hydroxylation is 1. The number of nitriles is 1.